The highest BCUT2D eigenvalue weighted by atomic mass is 19.1. The van der Waals surface area contributed by atoms with Gasteiger partial charge in [0.05, 0.1) is 0 Å². The average molecular weight is 322 g/mol. The molecule has 0 saturated heterocycles. The highest BCUT2D eigenvalue weighted by Gasteiger charge is 2.12. The summed E-state index contributed by atoms with van der Waals surface area (Å²) in [6.45, 7) is 2.71. The monoisotopic (exact) mass is 322 g/mol. The number of unbranched alkanes of at least 4 members (excludes halogenated alkanes) is 7. The molecule has 0 unspecified atom stereocenters. The van der Waals surface area contributed by atoms with Crippen molar-refractivity contribution >= 4 is 17.5 Å². The molecule has 128 valence electrons. The fourth-order valence-electron chi connectivity index (χ4n) is 2.26. The summed E-state index contributed by atoms with van der Waals surface area (Å²) in [5.41, 5.74) is 0.402. The Kier molecular flexibility index (Phi) is 9.68. The molecular weight excluding hydrogens is 295 g/mol. The Bertz CT molecular complexity index is 474. The van der Waals surface area contributed by atoms with Crippen LogP contribution in [0.25, 0.3) is 0 Å². The van der Waals surface area contributed by atoms with Crippen LogP contribution in [0.1, 0.15) is 58.3 Å². The molecule has 0 aromatic heterocycles. The van der Waals surface area contributed by atoms with Crippen LogP contribution >= 0.6 is 0 Å². The van der Waals surface area contributed by atoms with Crippen LogP contribution in [0.2, 0.25) is 0 Å². The van der Waals surface area contributed by atoms with Gasteiger partial charge in [-0.05, 0) is 30.7 Å². The lowest BCUT2D eigenvalue weighted by Crippen LogP contribution is -2.35. The van der Waals surface area contributed by atoms with Crippen LogP contribution in [0, 0.1) is 5.82 Å². The Balaban J connectivity index is 2.07. The zero-order valence-electron chi connectivity index (χ0n) is 13.9. The molecule has 1 rings (SSSR count). The van der Waals surface area contributed by atoms with Crippen molar-refractivity contribution in [2.24, 2.45) is 0 Å². The van der Waals surface area contributed by atoms with Crippen molar-refractivity contribution in [2.45, 2.75) is 58.3 Å². The molecule has 1 aromatic rings. The number of carbonyl (C=O) groups is 2. The van der Waals surface area contributed by atoms with E-state index in [0.29, 0.717) is 12.2 Å². The maximum atomic E-state index is 12.7. The highest BCUT2D eigenvalue weighted by Crippen LogP contribution is 2.09. The standard InChI is InChI=1S/C18H27FN2O2/c1-2-3-4-5-6-7-8-9-14-20-17(22)18(23)21-16-12-10-15(19)11-13-16/h10-13H,2-9,14H2,1H3,(H,20,22)(H,21,23). The van der Waals surface area contributed by atoms with Crippen LogP contribution in [0.3, 0.4) is 0 Å². The molecule has 2 N–H and O–H groups in total. The second-order valence-corrected chi connectivity index (χ2v) is 5.69. The van der Waals surface area contributed by atoms with E-state index in [4.69, 9.17) is 0 Å². The van der Waals surface area contributed by atoms with E-state index in [2.05, 4.69) is 17.6 Å². The molecule has 0 atom stereocenters. The Morgan fingerprint density at radius 2 is 1.43 bits per heavy atom. The van der Waals surface area contributed by atoms with E-state index in [0.717, 1.165) is 12.8 Å². The van der Waals surface area contributed by atoms with Crippen LogP contribution in [-0.2, 0) is 9.59 Å². The minimum atomic E-state index is -0.726. The third-order valence-corrected chi connectivity index (χ3v) is 3.62. The topological polar surface area (TPSA) is 58.2 Å². The third-order valence-electron chi connectivity index (χ3n) is 3.62. The molecule has 0 aliphatic rings. The van der Waals surface area contributed by atoms with Crippen molar-refractivity contribution < 1.29 is 14.0 Å². The maximum absolute atomic E-state index is 12.7. The summed E-state index contributed by atoms with van der Waals surface area (Å²) in [5, 5.41) is 5.03. The number of halogens is 1. The number of anilines is 1. The lowest BCUT2D eigenvalue weighted by molar-refractivity contribution is -0.136. The van der Waals surface area contributed by atoms with E-state index in [-0.39, 0.29) is 5.82 Å². The average Bonchev–Trinajstić information content (AvgIpc) is 2.55. The number of hydrogen-bond donors (Lipinski definition) is 2. The van der Waals surface area contributed by atoms with E-state index in [1.54, 1.807) is 0 Å². The molecule has 0 aliphatic heterocycles. The van der Waals surface area contributed by atoms with E-state index >= 15 is 0 Å². The Hall–Kier alpha value is -1.91. The van der Waals surface area contributed by atoms with Gasteiger partial charge in [0.2, 0.25) is 0 Å². The van der Waals surface area contributed by atoms with Gasteiger partial charge < -0.3 is 10.6 Å². The number of rotatable bonds is 10. The number of benzene rings is 1. The van der Waals surface area contributed by atoms with Gasteiger partial charge in [0.15, 0.2) is 0 Å². The van der Waals surface area contributed by atoms with Gasteiger partial charge in [-0.2, -0.15) is 0 Å². The zero-order chi connectivity index (χ0) is 16.9. The SMILES string of the molecule is CCCCCCCCCCNC(=O)C(=O)Nc1ccc(F)cc1. The van der Waals surface area contributed by atoms with Gasteiger partial charge in [-0.15, -0.1) is 0 Å². The fourth-order valence-corrected chi connectivity index (χ4v) is 2.26. The van der Waals surface area contributed by atoms with Crippen LogP contribution in [0.15, 0.2) is 24.3 Å². The molecule has 0 saturated carbocycles. The third kappa shape index (κ3) is 8.96. The maximum Gasteiger partial charge on any atom is 0.313 e. The predicted octanol–water partition coefficient (Wildman–Crippen LogP) is 4.02. The molecule has 0 radical (unpaired) electrons. The minimum absolute atomic E-state index is 0.387. The van der Waals surface area contributed by atoms with E-state index in [9.17, 15) is 14.0 Å². The smallest absolute Gasteiger partial charge is 0.313 e. The van der Waals surface area contributed by atoms with Crippen molar-refractivity contribution in [3.8, 4) is 0 Å². The Labute approximate surface area is 137 Å². The van der Waals surface area contributed by atoms with Crippen LogP contribution < -0.4 is 10.6 Å². The Morgan fingerprint density at radius 1 is 0.870 bits per heavy atom. The van der Waals surface area contributed by atoms with Gasteiger partial charge in [-0.25, -0.2) is 4.39 Å². The second-order valence-electron chi connectivity index (χ2n) is 5.69. The van der Waals surface area contributed by atoms with Crippen molar-refractivity contribution in [1.82, 2.24) is 5.32 Å². The molecule has 2 amide bonds. The second kappa shape index (κ2) is 11.6. The van der Waals surface area contributed by atoms with Gasteiger partial charge in [-0.1, -0.05) is 51.9 Å². The number of nitrogens with one attached hydrogen (secondary N) is 2. The molecule has 0 spiro atoms. The van der Waals surface area contributed by atoms with E-state index in [1.807, 2.05) is 0 Å². The van der Waals surface area contributed by atoms with E-state index in [1.165, 1.54) is 62.8 Å². The van der Waals surface area contributed by atoms with Crippen molar-refractivity contribution in [3.05, 3.63) is 30.1 Å². The van der Waals surface area contributed by atoms with Gasteiger partial charge in [0, 0.05) is 12.2 Å². The van der Waals surface area contributed by atoms with Crippen molar-refractivity contribution in [1.29, 1.82) is 0 Å². The molecule has 0 heterocycles. The highest BCUT2D eigenvalue weighted by molar-refractivity contribution is 6.39. The summed E-state index contributed by atoms with van der Waals surface area (Å²) in [4.78, 5) is 23.3. The van der Waals surface area contributed by atoms with Gasteiger partial charge in [0.1, 0.15) is 5.82 Å². The largest absolute Gasteiger partial charge is 0.348 e. The molecule has 0 bridgehead atoms. The van der Waals surface area contributed by atoms with Gasteiger partial charge in [-0.3, -0.25) is 9.59 Å². The number of amides is 2. The van der Waals surface area contributed by atoms with Crippen molar-refractivity contribution in [3.63, 3.8) is 0 Å². The fraction of sp³-hybridized carbons (Fsp3) is 0.556. The summed E-state index contributed by atoms with van der Waals surface area (Å²) in [5.74, 6) is -1.77. The lowest BCUT2D eigenvalue weighted by Gasteiger charge is -2.06. The summed E-state index contributed by atoms with van der Waals surface area (Å²) >= 11 is 0. The zero-order valence-corrected chi connectivity index (χ0v) is 13.9. The first-order chi connectivity index (χ1) is 11.1. The summed E-state index contributed by atoms with van der Waals surface area (Å²) in [7, 11) is 0. The number of carbonyl (C=O) groups excluding carboxylic acids is 2. The molecule has 1 aromatic carbocycles. The molecule has 5 heteroatoms. The summed E-state index contributed by atoms with van der Waals surface area (Å²) < 4.78 is 12.7. The summed E-state index contributed by atoms with van der Waals surface area (Å²) in [6.07, 6.45) is 9.48. The van der Waals surface area contributed by atoms with Crippen LogP contribution in [0.4, 0.5) is 10.1 Å². The first-order valence-corrected chi connectivity index (χ1v) is 8.48. The molecular formula is C18H27FN2O2. The first kappa shape index (κ1) is 19.1. The molecule has 4 nitrogen and oxygen atoms in total. The van der Waals surface area contributed by atoms with Gasteiger partial charge >= 0.3 is 11.8 Å². The normalized spacial score (nSPS) is 10.3. The summed E-state index contributed by atoms with van der Waals surface area (Å²) in [6, 6.07) is 5.29. The lowest BCUT2D eigenvalue weighted by atomic mass is 10.1. The minimum Gasteiger partial charge on any atom is -0.348 e. The molecule has 0 fully saturated rings. The van der Waals surface area contributed by atoms with Crippen molar-refractivity contribution in [2.75, 3.05) is 11.9 Å². The van der Waals surface area contributed by atoms with E-state index < -0.39 is 11.8 Å². The quantitative estimate of drug-likeness (QED) is 0.505. The van der Waals surface area contributed by atoms with Crippen LogP contribution in [-0.4, -0.2) is 18.4 Å². The Morgan fingerprint density at radius 3 is 2.04 bits per heavy atom. The number of hydrogen-bond acceptors (Lipinski definition) is 2. The predicted molar refractivity (Wildman–Crippen MR) is 90.6 cm³/mol. The molecule has 0 aliphatic carbocycles. The first-order valence-electron chi connectivity index (χ1n) is 8.48. The molecule has 23 heavy (non-hydrogen) atoms. The van der Waals surface area contributed by atoms with Gasteiger partial charge in [0.25, 0.3) is 0 Å². The van der Waals surface area contributed by atoms with Crippen LogP contribution in [0.5, 0.6) is 0 Å².